The summed E-state index contributed by atoms with van der Waals surface area (Å²) in [6.07, 6.45) is 1.73. The first-order valence-corrected chi connectivity index (χ1v) is 10.8. The summed E-state index contributed by atoms with van der Waals surface area (Å²) in [7, 11) is 0. The van der Waals surface area contributed by atoms with Gasteiger partial charge in [-0.1, -0.05) is 23.7 Å². The molecule has 1 saturated heterocycles. The maximum atomic E-state index is 5.97. The molecular weight excluding hydrogens is 517 g/mol. The molecule has 2 N–H and O–H groups in total. The number of nitrogens with zero attached hydrogens (tertiary/aromatic N) is 5. The number of ether oxygens (including phenoxy) is 1. The quantitative estimate of drug-likeness (QED) is 0.278. The Morgan fingerprint density at radius 1 is 1.03 bits per heavy atom. The molecule has 1 aliphatic rings. The molecule has 0 radical (unpaired) electrons. The number of benzene rings is 2. The minimum atomic E-state index is 0.352. The van der Waals surface area contributed by atoms with Gasteiger partial charge in [-0.25, -0.2) is 5.43 Å². The van der Waals surface area contributed by atoms with Crippen molar-refractivity contribution in [3.63, 3.8) is 0 Å². The number of aromatic nitrogens is 3. The zero-order valence-electron chi connectivity index (χ0n) is 15.9. The Kier molecular flexibility index (Phi) is 6.92. The summed E-state index contributed by atoms with van der Waals surface area (Å²) >= 11 is 8.24. The number of rotatable bonds is 6. The highest BCUT2D eigenvalue weighted by Crippen LogP contribution is 2.20. The monoisotopic (exact) mass is 535 g/mol. The van der Waals surface area contributed by atoms with E-state index in [1.54, 1.807) is 18.3 Å². The third-order valence-electron chi connectivity index (χ3n) is 4.24. The van der Waals surface area contributed by atoms with Crippen molar-refractivity contribution in [3.05, 3.63) is 62.7 Å². The minimum absolute atomic E-state index is 0.352. The van der Waals surface area contributed by atoms with E-state index < -0.39 is 0 Å². The van der Waals surface area contributed by atoms with E-state index in [2.05, 4.69) is 58.3 Å². The van der Waals surface area contributed by atoms with Crippen LogP contribution in [-0.2, 0) is 4.74 Å². The molecule has 2 aromatic carbocycles. The Hall–Kier alpha value is -2.50. The van der Waals surface area contributed by atoms with Gasteiger partial charge in [0, 0.05) is 27.4 Å². The van der Waals surface area contributed by atoms with E-state index in [1.165, 1.54) is 0 Å². The summed E-state index contributed by atoms with van der Waals surface area (Å²) < 4.78 is 6.57. The van der Waals surface area contributed by atoms with E-state index in [4.69, 9.17) is 16.3 Å². The predicted octanol–water partition coefficient (Wildman–Crippen LogP) is 4.16. The Morgan fingerprint density at radius 2 is 1.80 bits per heavy atom. The molecule has 8 nitrogen and oxygen atoms in total. The Balaban J connectivity index is 1.56. The first-order valence-electron chi connectivity index (χ1n) is 9.32. The molecule has 0 spiro atoms. The standard InChI is InChI=1S/C20H19ClIN7O/c21-15-4-6-17(7-5-15)24-18-25-19(27-20(26-18)29-8-10-30-11-9-29)28-23-13-14-2-1-3-16(22)12-14/h1-7,12-13H,8-11H2,(H2,24,25,26,27,28)/b23-13+. The number of morpholine rings is 1. The van der Waals surface area contributed by atoms with Crippen molar-refractivity contribution in [2.75, 3.05) is 41.9 Å². The summed E-state index contributed by atoms with van der Waals surface area (Å²) in [5.41, 5.74) is 4.72. The second-order valence-corrected chi connectivity index (χ2v) is 8.12. The van der Waals surface area contributed by atoms with Crippen LogP contribution < -0.4 is 15.6 Å². The van der Waals surface area contributed by atoms with Crippen molar-refractivity contribution in [2.24, 2.45) is 5.10 Å². The summed E-state index contributed by atoms with van der Waals surface area (Å²) in [6, 6.07) is 15.4. The van der Waals surface area contributed by atoms with Crippen LogP contribution >= 0.6 is 34.2 Å². The normalized spacial score (nSPS) is 14.1. The first-order chi connectivity index (χ1) is 14.7. The van der Waals surface area contributed by atoms with Crippen LogP contribution in [0.2, 0.25) is 5.02 Å². The van der Waals surface area contributed by atoms with Crippen molar-refractivity contribution in [2.45, 2.75) is 0 Å². The fourth-order valence-electron chi connectivity index (χ4n) is 2.79. The molecule has 3 aromatic rings. The molecule has 1 aromatic heterocycles. The summed E-state index contributed by atoms with van der Waals surface area (Å²) in [5, 5.41) is 8.14. The Morgan fingerprint density at radius 3 is 2.57 bits per heavy atom. The summed E-state index contributed by atoms with van der Waals surface area (Å²) in [4.78, 5) is 15.6. The van der Waals surface area contributed by atoms with Gasteiger partial charge in [0.1, 0.15) is 0 Å². The molecule has 0 amide bonds. The lowest BCUT2D eigenvalue weighted by Crippen LogP contribution is -2.37. The number of hydrogen-bond donors (Lipinski definition) is 2. The van der Waals surface area contributed by atoms with Crippen molar-refractivity contribution >= 4 is 63.9 Å². The van der Waals surface area contributed by atoms with Crippen molar-refractivity contribution in [1.29, 1.82) is 0 Å². The van der Waals surface area contributed by atoms with Gasteiger partial charge >= 0.3 is 0 Å². The molecule has 0 aliphatic carbocycles. The number of nitrogens with one attached hydrogen (secondary N) is 2. The van der Waals surface area contributed by atoms with Crippen molar-refractivity contribution < 1.29 is 4.74 Å². The number of halogens is 2. The highest BCUT2D eigenvalue weighted by Gasteiger charge is 2.16. The molecule has 1 fully saturated rings. The van der Waals surface area contributed by atoms with E-state index in [1.807, 2.05) is 36.4 Å². The lowest BCUT2D eigenvalue weighted by molar-refractivity contribution is 0.122. The van der Waals surface area contributed by atoms with Gasteiger partial charge in [-0.15, -0.1) is 0 Å². The number of hydrazone groups is 1. The van der Waals surface area contributed by atoms with Gasteiger partial charge in [0.15, 0.2) is 0 Å². The van der Waals surface area contributed by atoms with E-state index in [9.17, 15) is 0 Å². The zero-order chi connectivity index (χ0) is 20.8. The molecule has 2 heterocycles. The molecule has 0 unspecified atom stereocenters. The minimum Gasteiger partial charge on any atom is -0.378 e. The smallest absolute Gasteiger partial charge is 0.250 e. The Bertz CT molecular complexity index is 1030. The SMILES string of the molecule is Clc1ccc(Nc2nc(N/N=C/c3cccc(I)c3)nc(N3CCOCC3)n2)cc1. The van der Waals surface area contributed by atoms with Gasteiger partial charge in [0.2, 0.25) is 17.8 Å². The van der Waals surface area contributed by atoms with Crippen LogP contribution in [0.15, 0.2) is 53.6 Å². The van der Waals surface area contributed by atoms with Gasteiger partial charge in [-0.3, -0.25) is 0 Å². The van der Waals surface area contributed by atoms with Crippen LogP contribution in [0.3, 0.4) is 0 Å². The molecule has 30 heavy (non-hydrogen) atoms. The van der Waals surface area contributed by atoms with Crippen LogP contribution in [0.1, 0.15) is 5.56 Å². The second kappa shape index (κ2) is 10.0. The van der Waals surface area contributed by atoms with Crippen LogP contribution in [0.4, 0.5) is 23.5 Å². The van der Waals surface area contributed by atoms with E-state index in [0.29, 0.717) is 36.1 Å². The maximum absolute atomic E-state index is 5.97. The average Bonchev–Trinajstić information content (AvgIpc) is 2.76. The maximum Gasteiger partial charge on any atom is 0.250 e. The molecule has 1 aliphatic heterocycles. The van der Waals surface area contributed by atoms with Crippen LogP contribution in [-0.4, -0.2) is 47.5 Å². The van der Waals surface area contributed by atoms with Crippen LogP contribution in [0, 0.1) is 3.57 Å². The number of anilines is 4. The third kappa shape index (κ3) is 5.77. The van der Waals surface area contributed by atoms with Crippen molar-refractivity contribution in [3.8, 4) is 0 Å². The van der Waals surface area contributed by atoms with Gasteiger partial charge in [0.25, 0.3) is 0 Å². The molecule has 0 atom stereocenters. The zero-order valence-corrected chi connectivity index (χ0v) is 18.8. The fourth-order valence-corrected chi connectivity index (χ4v) is 3.48. The molecule has 154 valence electrons. The Labute approximate surface area is 192 Å². The lowest BCUT2D eigenvalue weighted by atomic mass is 10.2. The average molecular weight is 536 g/mol. The highest BCUT2D eigenvalue weighted by atomic mass is 127. The molecular formula is C20H19ClIN7O. The largest absolute Gasteiger partial charge is 0.378 e. The van der Waals surface area contributed by atoms with Gasteiger partial charge in [-0.05, 0) is 64.6 Å². The molecule has 4 rings (SSSR count). The van der Waals surface area contributed by atoms with Gasteiger partial charge in [-0.2, -0.15) is 20.1 Å². The number of hydrogen-bond acceptors (Lipinski definition) is 8. The predicted molar refractivity (Wildman–Crippen MR) is 128 cm³/mol. The molecule has 0 saturated carbocycles. The fraction of sp³-hybridized carbons (Fsp3) is 0.200. The van der Waals surface area contributed by atoms with Gasteiger partial charge in [0.05, 0.1) is 19.4 Å². The summed E-state index contributed by atoms with van der Waals surface area (Å²) in [6.45, 7) is 2.71. The van der Waals surface area contributed by atoms with Crippen molar-refractivity contribution in [1.82, 2.24) is 15.0 Å². The molecule has 0 bridgehead atoms. The van der Waals surface area contributed by atoms with E-state index >= 15 is 0 Å². The topological polar surface area (TPSA) is 87.6 Å². The van der Waals surface area contributed by atoms with E-state index in [-0.39, 0.29) is 0 Å². The van der Waals surface area contributed by atoms with E-state index in [0.717, 1.165) is 27.9 Å². The lowest BCUT2D eigenvalue weighted by Gasteiger charge is -2.27. The van der Waals surface area contributed by atoms with Gasteiger partial charge < -0.3 is 15.0 Å². The van der Waals surface area contributed by atoms with Crippen LogP contribution in [0.5, 0.6) is 0 Å². The summed E-state index contributed by atoms with van der Waals surface area (Å²) in [5.74, 6) is 1.34. The highest BCUT2D eigenvalue weighted by molar-refractivity contribution is 14.1. The first kappa shape index (κ1) is 20.8. The second-order valence-electron chi connectivity index (χ2n) is 6.44. The molecule has 10 heteroatoms. The van der Waals surface area contributed by atoms with Crippen LogP contribution in [0.25, 0.3) is 0 Å². The third-order valence-corrected chi connectivity index (χ3v) is 5.17.